The molecule has 3 nitrogen and oxygen atoms in total. The minimum absolute atomic E-state index is 0.00970. The summed E-state index contributed by atoms with van der Waals surface area (Å²) in [7, 11) is 0. The van der Waals surface area contributed by atoms with Crippen LogP contribution in [0.3, 0.4) is 0 Å². The van der Waals surface area contributed by atoms with Gasteiger partial charge in [0.25, 0.3) is 0 Å². The zero-order valence-electron chi connectivity index (χ0n) is 14.9. The highest BCUT2D eigenvalue weighted by atomic mass is 16.3. The van der Waals surface area contributed by atoms with E-state index in [2.05, 4.69) is 26.0 Å². The third-order valence-electron chi connectivity index (χ3n) is 8.11. The number of aliphatic hydroxyl groups is 1. The van der Waals surface area contributed by atoms with Gasteiger partial charge in [0.15, 0.2) is 5.78 Å². The highest BCUT2D eigenvalue weighted by molar-refractivity contribution is 5.92. The SMILES string of the molecule is CC(=O)[C@H]1CC[C@H]2[C@@H]3C=CC4=CC(=O)CC[C@]4(C)[C@H]3C[C@@H](O)[C@]12C. The lowest BCUT2D eigenvalue weighted by Crippen LogP contribution is -2.56. The van der Waals surface area contributed by atoms with Crippen molar-refractivity contribution < 1.29 is 14.7 Å². The second-order valence-corrected chi connectivity index (χ2v) is 8.99. The number of hydrogen-bond donors (Lipinski definition) is 1. The Balaban J connectivity index is 1.77. The molecule has 4 aliphatic carbocycles. The molecule has 4 aliphatic rings. The van der Waals surface area contributed by atoms with E-state index < -0.39 is 6.10 Å². The highest BCUT2D eigenvalue weighted by Gasteiger charge is 2.62. The molecule has 130 valence electrons. The number of hydrogen-bond acceptors (Lipinski definition) is 3. The first-order valence-electron chi connectivity index (χ1n) is 9.40. The van der Waals surface area contributed by atoms with Crippen molar-refractivity contribution in [3.05, 3.63) is 23.8 Å². The van der Waals surface area contributed by atoms with Crippen LogP contribution >= 0.6 is 0 Å². The van der Waals surface area contributed by atoms with Crippen LogP contribution in [0.15, 0.2) is 23.8 Å². The monoisotopic (exact) mass is 328 g/mol. The summed E-state index contributed by atoms with van der Waals surface area (Å²) in [6, 6.07) is 0. The van der Waals surface area contributed by atoms with Gasteiger partial charge in [-0.3, -0.25) is 9.59 Å². The van der Waals surface area contributed by atoms with Crippen LogP contribution in [0.25, 0.3) is 0 Å². The summed E-state index contributed by atoms with van der Waals surface area (Å²) < 4.78 is 0. The number of carbonyl (C=O) groups is 2. The van der Waals surface area contributed by atoms with Crippen LogP contribution in [0.4, 0.5) is 0 Å². The van der Waals surface area contributed by atoms with Crippen LogP contribution < -0.4 is 0 Å². The van der Waals surface area contributed by atoms with Gasteiger partial charge in [0.05, 0.1) is 6.10 Å². The molecule has 24 heavy (non-hydrogen) atoms. The van der Waals surface area contributed by atoms with E-state index in [0.717, 1.165) is 31.3 Å². The van der Waals surface area contributed by atoms with Gasteiger partial charge in [-0.25, -0.2) is 0 Å². The van der Waals surface area contributed by atoms with Crippen molar-refractivity contribution in [3.8, 4) is 0 Å². The summed E-state index contributed by atoms with van der Waals surface area (Å²) in [5, 5.41) is 11.1. The predicted octanol–water partition coefficient (Wildman–Crippen LogP) is 3.47. The minimum atomic E-state index is -0.428. The van der Waals surface area contributed by atoms with Crippen molar-refractivity contribution >= 4 is 11.6 Å². The molecule has 0 aliphatic heterocycles. The van der Waals surface area contributed by atoms with Gasteiger partial charge in [-0.15, -0.1) is 0 Å². The molecule has 0 saturated heterocycles. The zero-order valence-corrected chi connectivity index (χ0v) is 14.9. The Morgan fingerprint density at radius 1 is 1.25 bits per heavy atom. The predicted molar refractivity (Wildman–Crippen MR) is 92.2 cm³/mol. The first kappa shape index (κ1) is 16.3. The molecule has 0 unspecified atom stereocenters. The Morgan fingerprint density at radius 3 is 2.71 bits per heavy atom. The van der Waals surface area contributed by atoms with Crippen LogP contribution in [-0.4, -0.2) is 22.8 Å². The van der Waals surface area contributed by atoms with Gasteiger partial charge in [0.2, 0.25) is 0 Å². The Labute approximate surface area is 144 Å². The zero-order chi connectivity index (χ0) is 17.3. The molecular formula is C21H28O3. The van der Waals surface area contributed by atoms with Crippen LogP contribution in [0.5, 0.6) is 0 Å². The molecular weight excluding hydrogens is 300 g/mol. The lowest BCUT2D eigenvalue weighted by molar-refractivity contribution is -0.141. The Bertz CT molecular complexity index is 660. The van der Waals surface area contributed by atoms with E-state index in [9.17, 15) is 14.7 Å². The molecule has 3 heteroatoms. The molecule has 0 aromatic carbocycles. The third kappa shape index (κ3) is 1.94. The first-order valence-corrected chi connectivity index (χ1v) is 9.40. The molecule has 0 amide bonds. The van der Waals surface area contributed by atoms with Crippen LogP contribution in [0.2, 0.25) is 0 Å². The summed E-state index contributed by atoms with van der Waals surface area (Å²) in [5.74, 6) is 1.60. The highest BCUT2D eigenvalue weighted by Crippen LogP contribution is 2.65. The van der Waals surface area contributed by atoms with Crippen molar-refractivity contribution in [3.63, 3.8) is 0 Å². The van der Waals surface area contributed by atoms with E-state index in [-0.39, 0.29) is 28.3 Å². The lowest BCUT2D eigenvalue weighted by Gasteiger charge is -2.57. The number of ketones is 2. The number of rotatable bonds is 1. The maximum Gasteiger partial charge on any atom is 0.156 e. The maximum atomic E-state index is 12.2. The third-order valence-corrected chi connectivity index (χ3v) is 8.11. The topological polar surface area (TPSA) is 54.4 Å². The number of carbonyl (C=O) groups excluding carboxylic acids is 2. The Hall–Kier alpha value is -1.22. The molecule has 0 heterocycles. The maximum absolute atomic E-state index is 12.2. The summed E-state index contributed by atoms with van der Waals surface area (Å²) in [5.41, 5.74) is 0.848. The molecule has 2 saturated carbocycles. The van der Waals surface area contributed by atoms with Crippen molar-refractivity contribution in [1.82, 2.24) is 0 Å². The smallest absolute Gasteiger partial charge is 0.156 e. The molecule has 0 radical (unpaired) electrons. The fourth-order valence-corrected chi connectivity index (χ4v) is 6.63. The molecule has 4 rings (SSSR count). The largest absolute Gasteiger partial charge is 0.393 e. The van der Waals surface area contributed by atoms with Gasteiger partial charge in [-0.1, -0.05) is 26.0 Å². The summed E-state index contributed by atoms with van der Waals surface area (Å²) in [6.45, 7) is 6.10. The van der Waals surface area contributed by atoms with Crippen molar-refractivity contribution in [2.75, 3.05) is 0 Å². The normalized spacial score (nSPS) is 49.9. The Kier molecular flexibility index (Phi) is 3.48. The van der Waals surface area contributed by atoms with Gasteiger partial charge in [0.1, 0.15) is 5.78 Å². The molecule has 2 fully saturated rings. The van der Waals surface area contributed by atoms with E-state index in [1.807, 2.05) is 6.08 Å². The molecule has 0 aromatic heterocycles. The fourth-order valence-electron chi connectivity index (χ4n) is 6.63. The van der Waals surface area contributed by atoms with Crippen LogP contribution in [0.1, 0.15) is 52.9 Å². The van der Waals surface area contributed by atoms with E-state index in [4.69, 9.17) is 0 Å². The van der Waals surface area contributed by atoms with Crippen molar-refractivity contribution in [2.45, 2.75) is 59.0 Å². The molecule has 7 atom stereocenters. The van der Waals surface area contributed by atoms with Gasteiger partial charge < -0.3 is 5.11 Å². The second-order valence-electron chi connectivity index (χ2n) is 8.99. The molecule has 1 N–H and O–H groups in total. The molecule has 0 spiro atoms. The van der Waals surface area contributed by atoms with E-state index in [1.165, 1.54) is 0 Å². The summed E-state index contributed by atoms with van der Waals surface area (Å²) in [4.78, 5) is 24.0. The van der Waals surface area contributed by atoms with Crippen LogP contribution in [0, 0.1) is 34.5 Å². The van der Waals surface area contributed by atoms with Gasteiger partial charge in [-0.05, 0) is 67.4 Å². The van der Waals surface area contributed by atoms with E-state index in [1.54, 1.807) is 6.92 Å². The average Bonchev–Trinajstić information content (AvgIpc) is 2.88. The van der Waals surface area contributed by atoms with Gasteiger partial charge in [0, 0.05) is 17.8 Å². The summed E-state index contributed by atoms with van der Waals surface area (Å²) >= 11 is 0. The second kappa shape index (κ2) is 5.14. The Morgan fingerprint density at radius 2 is 2.00 bits per heavy atom. The van der Waals surface area contributed by atoms with E-state index in [0.29, 0.717) is 24.2 Å². The number of Topliss-reactive ketones (excluding diaryl/α,β-unsaturated/α-hetero) is 1. The van der Waals surface area contributed by atoms with Gasteiger partial charge >= 0.3 is 0 Å². The van der Waals surface area contributed by atoms with Crippen molar-refractivity contribution in [1.29, 1.82) is 0 Å². The quantitative estimate of drug-likeness (QED) is 0.802. The fraction of sp³-hybridized carbons (Fsp3) is 0.714. The molecule has 0 bridgehead atoms. The number of fused-ring (bicyclic) bond motifs is 5. The first-order chi connectivity index (χ1) is 11.3. The van der Waals surface area contributed by atoms with E-state index >= 15 is 0 Å². The lowest BCUT2D eigenvalue weighted by atomic mass is 9.47. The standard InChI is InChI=1S/C21H28O3/c1-12(22)16-6-7-17-15-5-4-13-10-14(23)8-9-20(13,2)18(15)11-19(24)21(16,17)3/h4-5,10,15-19,24H,6-9,11H2,1-3H3/t15-,16+,17-,18-,19+,20-,21+/m0/s1. The average molecular weight is 328 g/mol. The van der Waals surface area contributed by atoms with Crippen LogP contribution in [-0.2, 0) is 9.59 Å². The number of allylic oxidation sites excluding steroid dienone is 4. The number of aliphatic hydroxyl groups excluding tert-OH is 1. The molecule has 0 aromatic rings. The minimum Gasteiger partial charge on any atom is -0.393 e. The summed E-state index contributed by atoms with van der Waals surface area (Å²) in [6.07, 6.45) is 10.0. The van der Waals surface area contributed by atoms with Gasteiger partial charge in [-0.2, -0.15) is 0 Å². The van der Waals surface area contributed by atoms with Crippen molar-refractivity contribution in [2.24, 2.45) is 34.5 Å².